The third kappa shape index (κ3) is 3.94. The molecule has 2 amide bonds. The molecule has 0 aromatic carbocycles. The van der Waals surface area contributed by atoms with E-state index < -0.39 is 12.0 Å². The van der Waals surface area contributed by atoms with Gasteiger partial charge in [0.1, 0.15) is 0 Å². The lowest BCUT2D eigenvalue weighted by molar-refractivity contribution is -0.139. The zero-order valence-corrected chi connectivity index (χ0v) is 14.9. The van der Waals surface area contributed by atoms with Crippen LogP contribution in [0.15, 0.2) is 33.9 Å². The molecular weight excluding hydrogens is 364 g/mol. The van der Waals surface area contributed by atoms with Crippen LogP contribution in [0.3, 0.4) is 0 Å². The van der Waals surface area contributed by atoms with Crippen molar-refractivity contribution in [3.8, 4) is 0 Å². The van der Waals surface area contributed by atoms with E-state index >= 15 is 0 Å². The Balaban J connectivity index is 1.92. The Kier molecular flexibility index (Phi) is 5.24. The van der Waals surface area contributed by atoms with Crippen molar-refractivity contribution in [3.05, 3.63) is 33.7 Å². The quantitative estimate of drug-likeness (QED) is 0.439. The maximum Gasteiger partial charge on any atom is 0.338 e. The number of carbonyl (C=O) groups is 2. The summed E-state index contributed by atoms with van der Waals surface area (Å²) in [7, 11) is 0. The number of ether oxygens (including phenoxy) is 1. The highest BCUT2D eigenvalue weighted by Gasteiger charge is 2.34. The van der Waals surface area contributed by atoms with Crippen molar-refractivity contribution in [1.82, 2.24) is 25.8 Å². The summed E-state index contributed by atoms with van der Waals surface area (Å²) in [6.07, 6.45) is 0. The lowest BCUT2D eigenvalue weighted by Gasteiger charge is -2.28. The zero-order valence-electron chi connectivity index (χ0n) is 13.2. The maximum atomic E-state index is 12.5. The number of hydrogen-bond donors (Lipinski definition) is 4. The van der Waals surface area contributed by atoms with Gasteiger partial charge in [-0.1, -0.05) is 17.8 Å². The average molecular weight is 380 g/mol. The van der Waals surface area contributed by atoms with Crippen LogP contribution >= 0.6 is 23.1 Å². The minimum Gasteiger partial charge on any atom is -0.463 e. The van der Waals surface area contributed by atoms with Crippen molar-refractivity contribution in [2.45, 2.75) is 18.1 Å². The molecular formula is C14H16N6O3S2. The zero-order chi connectivity index (χ0) is 17.8. The van der Waals surface area contributed by atoms with E-state index in [0.29, 0.717) is 22.2 Å². The number of thiophene rings is 1. The highest BCUT2D eigenvalue weighted by molar-refractivity contribution is 7.99. The number of thioether (sulfide) groups is 1. The molecule has 3 heterocycles. The van der Waals surface area contributed by atoms with Gasteiger partial charge in [-0.05, 0) is 18.4 Å². The Hall–Kier alpha value is -2.53. The number of urea groups is 1. The first kappa shape index (κ1) is 17.3. The standard InChI is InChI=1S/C14H16N6O3S2/c1-2-23-11(21)9-7(6-25-14-18-12(15)19-20-14)16-13(22)17-10(9)8-4-3-5-24-8/h3-5,10H,2,6H2,1H3,(H2,16,17,22)(H3,15,18,19,20)/t10-/m0/s1. The first-order valence-corrected chi connectivity index (χ1v) is 9.26. The molecule has 25 heavy (non-hydrogen) atoms. The van der Waals surface area contributed by atoms with Gasteiger partial charge in [-0.25, -0.2) is 14.7 Å². The highest BCUT2D eigenvalue weighted by Crippen LogP contribution is 2.32. The van der Waals surface area contributed by atoms with Gasteiger partial charge in [0.2, 0.25) is 11.1 Å². The first-order chi connectivity index (χ1) is 12.1. The van der Waals surface area contributed by atoms with E-state index in [1.807, 2.05) is 17.5 Å². The van der Waals surface area contributed by atoms with Crippen molar-refractivity contribution in [2.24, 2.45) is 0 Å². The van der Waals surface area contributed by atoms with E-state index in [0.717, 1.165) is 4.88 Å². The van der Waals surface area contributed by atoms with Gasteiger partial charge in [-0.15, -0.1) is 16.4 Å². The second-order valence-corrected chi connectivity index (χ2v) is 6.87. The molecule has 2 aromatic heterocycles. The van der Waals surface area contributed by atoms with Crippen LogP contribution in [0.2, 0.25) is 0 Å². The van der Waals surface area contributed by atoms with Gasteiger partial charge < -0.3 is 21.1 Å². The molecule has 0 saturated carbocycles. The van der Waals surface area contributed by atoms with Crippen LogP contribution in [0.5, 0.6) is 0 Å². The molecule has 0 saturated heterocycles. The van der Waals surface area contributed by atoms with Gasteiger partial charge in [-0.2, -0.15) is 4.98 Å². The van der Waals surface area contributed by atoms with E-state index in [2.05, 4.69) is 25.8 Å². The molecule has 5 N–H and O–H groups in total. The summed E-state index contributed by atoms with van der Waals surface area (Å²) in [6, 6.07) is 2.79. The third-order valence-electron chi connectivity index (χ3n) is 3.30. The van der Waals surface area contributed by atoms with Crippen LogP contribution in [-0.4, -0.2) is 39.5 Å². The lowest BCUT2D eigenvalue weighted by Crippen LogP contribution is -2.46. The molecule has 11 heteroatoms. The number of hydrogen-bond acceptors (Lipinski definition) is 8. The van der Waals surface area contributed by atoms with Gasteiger partial charge in [-0.3, -0.25) is 0 Å². The number of nitrogens with one attached hydrogen (secondary N) is 3. The first-order valence-electron chi connectivity index (χ1n) is 7.40. The van der Waals surface area contributed by atoms with Gasteiger partial charge in [0, 0.05) is 16.3 Å². The largest absolute Gasteiger partial charge is 0.463 e. The summed E-state index contributed by atoms with van der Waals surface area (Å²) in [5, 5.41) is 14.2. The van der Waals surface area contributed by atoms with E-state index in [9.17, 15) is 9.59 Å². The Bertz CT molecular complexity index is 801. The molecule has 1 aliphatic heterocycles. The number of H-pyrrole nitrogens is 1. The average Bonchev–Trinajstić information content (AvgIpc) is 3.24. The molecule has 0 radical (unpaired) electrons. The number of carbonyl (C=O) groups excluding carboxylic acids is 2. The van der Waals surface area contributed by atoms with Crippen molar-refractivity contribution >= 4 is 41.0 Å². The number of anilines is 1. The van der Waals surface area contributed by atoms with Gasteiger partial charge in [0.05, 0.1) is 18.2 Å². The van der Waals surface area contributed by atoms with Crippen LogP contribution < -0.4 is 16.4 Å². The number of esters is 1. The minimum atomic E-state index is -0.555. The number of aromatic amines is 1. The van der Waals surface area contributed by atoms with E-state index in [1.54, 1.807) is 6.92 Å². The number of nitrogen functional groups attached to an aromatic ring is 1. The molecule has 0 aliphatic carbocycles. The highest BCUT2D eigenvalue weighted by atomic mass is 32.2. The Labute approximate surface area is 151 Å². The number of nitrogens with zero attached hydrogens (tertiary/aromatic N) is 2. The predicted octanol–water partition coefficient (Wildman–Crippen LogP) is 1.41. The fourth-order valence-corrected chi connectivity index (χ4v) is 3.87. The molecule has 9 nitrogen and oxygen atoms in total. The maximum absolute atomic E-state index is 12.5. The molecule has 0 unspecified atom stereocenters. The lowest BCUT2D eigenvalue weighted by atomic mass is 10.0. The van der Waals surface area contributed by atoms with Crippen LogP contribution in [0.1, 0.15) is 17.8 Å². The monoisotopic (exact) mass is 380 g/mol. The number of nitrogens with two attached hydrogens (primary N) is 1. The van der Waals surface area contributed by atoms with Gasteiger partial charge in [0.15, 0.2) is 0 Å². The second kappa shape index (κ2) is 7.57. The number of rotatable bonds is 6. The number of amides is 2. The fourth-order valence-electron chi connectivity index (χ4n) is 2.31. The summed E-state index contributed by atoms with van der Waals surface area (Å²) < 4.78 is 5.18. The van der Waals surface area contributed by atoms with Gasteiger partial charge in [0.25, 0.3) is 0 Å². The third-order valence-corrected chi connectivity index (χ3v) is 5.12. The van der Waals surface area contributed by atoms with Crippen LogP contribution in [0, 0.1) is 0 Å². The Morgan fingerprint density at radius 1 is 1.52 bits per heavy atom. The van der Waals surface area contributed by atoms with Crippen molar-refractivity contribution in [1.29, 1.82) is 0 Å². The van der Waals surface area contributed by atoms with Crippen LogP contribution in [0.4, 0.5) is 10.7 Å². The predicted molar refractivity (Wildman–Crippen MR) is 93.9 cm³/mol. The Morgan fingerprint density at radius 3 is 3.00 bits per heavy atom. The molecule has 0 fully saturated rings. The minimum absolute atomic E-state index is 0.202. The molecule has 0 spiro atoms. The Morgan fingerprint density at radius 2 is 2.36 bits per heavy atom. The van der Waals surface area contributed by atoms with E-state index in [-0.39, 0.29) is 18.6 Å². The summed E-state index contributed by atoms with van der Waals surface area (Å²) in [5.74, 6) is 0.0205. The molecule has 132 valence electrons. The fraction of sp³-hybridized carbons (Fsp3) is 0.286. The second-order valence-electron chi connectivity index (χ2n) is 4.95. The van der Waals surface area contributed by atoms with E-state index in [4.69, 9.17) is 10.5 Å². The van der Waals surface area contributed by atoms with Crippen molar-refractivity contribution < 1.29 is 14.3 Å². The molecule has 1 aliphatic rings. The molecule has 3 rings (SSSR count). The summed E-state index contributed by atoms with van der Waals surface area (Å²) in [4.78, 5) is 29.4. The van der Waals surface area contributed by atoms with Gasteiger partial charge >= 0.3 is 12.0 Å². The molecule has 2 aromatic rings. The molecule has 0 bridgehead atoms. The number of aromatic nitrogens is 3. The summed E-state index contributed by atoms with van der Waals surface area (Å²) >= 11 is 2.70. The van der Waals surface area contributed by atoms with Crippen molar-refractivity contribution in [2.75, 3.05) is 18.1 Å². The molecule has 1 atom stereocenters. The summed E-state index contributed by atoms with van der Waals surface area (Å²) in [6.45, 7) is 1.98. The van der Waals surface area contributed by atoms with Crippen molar-refractivity contribution in [3.63, 3.8) is 0 Å². The van der Waals surface area contributed by atoms with Crippen LogP contribution in [0.25, 0.3) is 0 Å². The van der Waals surface area contributed by atoms with Crippen LogP contribution in [-0.2, 0) is 9.53 Å². The smallest absolute Gasteiger partial charge is 0.338 e. The van der Waals surface area contributed by atoms with E-state index in [1.165, 1.54) is 23.1 Å². The topological polar surface area (TPSA) is 135 Å². The summed E-state index contributed by atoms with van der Waals surface area (Å²) in [5.41, 5.74) is 6.35. The normalized spacial score (nSPS) is 17.2. The SMILES string of the molecule is CCOC(=O)C1=C(CSc2n[nH]c(N)n2)NC(=O)N[C@H]1c1cccs1.